The Bertz CT molecular complexity index is 356. The van der Waals surface area contributed by atoms with Crippen molar-refractivity contribution in [2.75, 3.05) is 31.9 Å². The van der Waals surface area contributed by atoms with Gasteiger partial charge in [0.1, 0.15) is 0 Å². The average Bonchev–Trinajstić information content (AvgIpc) is 2.49. The molecule has 22 heavy (non-hydrogen) atoms. The van der Waals surface area contributed by atoms with Crippen LogP contribution in [0, 0.1) is 11.8 Å². The van der Waals surface area contributed by atoms with Gasteiger partial charge in [-0.15, -0.1) is 24.2 Å². The number of thioether (sulfide) groups is 1. The third kappa shape index (κ3) is 6.34. The molecule has 0 aromatic heterocycles. The number of piperidine rings is 1. The topological polar surface area (TPSA) is 75.4 Å². The number of carbonyl (C=O) groups excluding carboxylic acids is 2. The molecular formula is C15H30ClN3O2S. The summed E-state index contributed by atoms with van der Waals surface area (Å²) < 4.78 is 0. The summed E-state index contributed by atoms with van der Waals surface area (Å²) in [6.45, 7) is 8.51. The molecule has 0 aliphatic carbocycles. The molecule has 2 unspecified atom stereocenters. The van der Waals surface area contributed by atoms with Gasteiger partial charge in [0.25, 0.3) is 0 Å². The molecule has 2 atom stereocenters. The van der Waals surface area contributed by atoms with E-state index in [0.717, 1.165) is 25.1 Å². The van der Waals surface area contributed by atoms with Crippen LogP contribution in [-0.4, -0.2) is 53.9 Å². The van der Waals surface area contributed by atoms with Crippen molar-refractivity contribution < 1.29 is 9.59 Å². The summed E-state index contributed by atoms with van der Waals surface area (Å²) in [5.41, 5.74) is 5.41. The van der Waals surface area contributed by atoms with Crippen molar-refractivity contribution in [3.8, 4) is 0 Å². The highest BCUT2D eigenvalue weighted by atomic mass is 35.5. The van der Waals surface area contributed by atoms with Gasteiger partial charge in [-0.25, -0.2) is 0 Å². The van der Waals surface area contributed by atoms with Gasteiger partial charge in [-0.2, -0.15) is 0 Å². The van der Waals surface area contributed by atoms with E-state index in [1.807, 2.05) is 4.90 Å². The third-order valence-corrected chi connectivity index (χ3v) is 5.18. The second kappa shape index (κ2) is 11.1. The van der Waals surface area contributed by atoms with E-state index in [-0.39, 0.29) is 35.4 Å². The van der Waals surface area contributed by atoms with Crippen molar-refractivity contribution in [1.82, 2.24) is 10.2 Å². The van der Waals surface area contributed by atoms with Gasteiger partial charge in [-0.1, -0.05) is 20.8 Å². The SMILES string of the molecule is CCSC(C(=O)N1CCCC(C(=O)NCCN)C1)C(C)C.Cl. The third-order valence-electron chi connectivity index (χ3n) is 3.74. The predicted octanol–water partition coefficient (Wildman–Crippen LogP) is 1.50. The van der Waals surface area contributed by atoms with Gasteiger partial charge < -0.3 is 16.0 Å². The number of carbonyl (C=O) groups is 2. The van der Waals surface area contributed by atoms with Crippen LogP contribution in [0.25, 0.3) is 0 Å². The van der Waals surface area contributed by atoms with Crippen LogP contribution in [0.5, 0.6) is 0 Å². The maximum absolute atomic E-state index is 12.7. The number of rotatable bonds is 7. The van der Waals surface area contributed by atoms with Crippen LogP contribution in [0.2, 0.25) is 0 Å². The predicted molar refractivity (Wildman–Crippen MR) is 95.4 cm³/mol. The van der Waals surface area contributed by atoms with Crippen LogP contribution in [0.4, 0.5) is 0 Å². The Labute approximate surface area is 144 Å². The molecule has 0 saturated carbocycles. The number of likely N-dealkylation sites (tertiary alicyclic amines) is 1. The molecule has 3 N–H and O–H groups in total. The molecular weight excluding hydrogens is 322 g/mol. The summed E-state index contributed by atoms with van der Waals surface area (Å²) in [5.74, 6) is 1.38. The zero-order valence-electron chi connectivity index (χ0n) is 13.8. The monoisotopic (exact) mass is 351 g/mol. The number of nitrogens with two attached hydrogens (primary N) is 1. The van der Waals surface area contributed by atoms with Gasteiger partial charge in [0, 0.05) is 26.2 Å². The van der Waals surface area contributed by atoms with Gasteiger partial charge >= 0.3 is 0 Å². The molecule has 2 amide bonds. The molecule has 1 fully saturated rings. The zero-order valence-corrected chi connectivity index (χ0v) is 15.5. The van der Waals surface area contributed by atoms with Gasteiger partial charge in [0.05, 0.1) is 11.2 Å². The normalized spacial score (nSPS) is 19.5. The average molecular weight is 352 g/mol. The largest absolute Gasteiger partial charge is 0.355 e. The number of amides is 2. The Morgan fingerprint density at radius 2 is 2.09 bits per heavy atom. The maximum Gasteiger partial charge on any atom is 0.235 e. The lowest BCUT2D eigenvalue weighted by molar-refractivity contribution is -0.135. The van der Waals surface area contributed by atoms with Crippen LogP contribution in [0.15, 0.2) is 0 Å². The molecule has 5 nitrogen and oxygen atoms in total. The Morgan fingerprint density at radius 3 is 2.64 bits per heavy atom. The fourth-order valence-corrected chi connectivity index (χ4v) is 3.68. The van der Waals surface area contributed by atoms with Crippen molar-refractivity contribution in [2.45, 2.75) is 38.9 Å². The lowest BCUT2D eigenvalue weighted by Gasteiger charge is -2.35. The minimum Gasteiger partial charge on any atom is -0.355 e. The molecule has 7 heteroatoms. The van der Waals surface area contributed by atoms with Crippen molar-refractivity contribution >= 4 is 36.0 Å². The van der Waals surface area contributed by atoms with E-state index < -0.39 is 0 Å². The van der Waals surface area contributed by atoms with Crippen LogP contribution >= 0.6 is 24.2 Å². The molecule has 1 heterocycles. The first kappa shape index (κ1) is 21.5. The summed E-state index contributed by atoms with van der Waals surface area (Å²) in [6.07, 6.45) is 1.75. The number of halogens is 1. The quantitative estimate of drug-likeness (QED) is 0.728. The molecule has 1 rings (SSSR count). The van der Waals surface area contributed by atoms with Gasteiger partial charge in [-0.05, 0) is 24.5 Å². The minimum atomic E-state index is -0.0892. The molecule has 0 bridgehead atoms. The van der Waals surface area contributed by atoms with Gasteiger partial charge in [0.2, 0.25) is 11.8 Å². The minimum absolute atomic E-state index is 0. The highest BCUT2D eigenvalue weighted by molar-refractivity contribution is 8.00. The molecule has 0 aromatic carbocycles. The summed E-state index contributed by atoms with van der Waals surface area (Å²) in [6, 6.07) is 0. The van der Waals surface area contributed by atoms with Crippen LogP contribution in [-0.2, 0) is 9.59 Å². The smallest absolute Gasteiger partial charge is 0.235 e. The molecule has 0 radical (unpaired) electrons. The van der Waals surface area contributed by atoms with Crippen molar-refractivity contribution in [2.24, 2.45) is 17.6 Å². The highest BCUT2D eigenvalue weighted by Crippen LogP contribution is 2.25. The fourth-order valence-electron chi connectivity index (χ4n) is 2.64. The lowest BCUT2D eigenvalue weighted by Crippen LogP contribution is -2.49. The van der Waals surface area contributed by atoms with E-state index in [0.29, 0.717) is 25.6 Å². The van der Waals surface area contributed by atoms with Crippen molar-refractivity contribution in [3.05, 3.63) is 0 Å². The number of nitrogens with one attached hydrogen (secondary N) is 1. The molecule has 1 saturated heterocycles. The van der Waals surface area contributed by atoms with Crippen LogP contribution in [0.1, 0.15) is 33.6 Å². The first-order chi connectivity index (χ1) is 10.0. The van der Waals surface area contributed by atoms with E-state index in [4.69, 9.17) is 5.73 Å². The lowest BCUT2D eigenvalue weighted by atomic mass is 9.96. The Balaban J connectivity index is 0.00000441. The van der Waals surface area contributed by atoms with E-state index in [1.54, 1.807) is 11.8 Å². The molecule has 0 spiro atoms. The van der Waals surface area contributed by atoms with Crippen molar-refractivity contribution in [3.63, 3.8) is 0 Å². The fraction of sp³-hybridized carbons (Fsp3) is 0.867. The van der Waals surface area contributed by atoms with Crippen LogP contribution in [0.3, 0.4) is 0 Å². The number of hydrogen-bond acceptors (Lipinski definition) is 4. The van der Waals surface area contributed by atoms with E-state index in [1.165, 1.54) is 0 Å². The van der Waals surface area contributed by atoms with Crippen LogP contribution < -0.4 is 11.1 Å². The summed E-state index contributed by atoms with van der Waals surface area (Å²) >= 11 is 1.70. The second-order valence-corrected chi connectivity index (χ2v) is 7.24. The first-order valence-electron chi connectivity index (χ1n) is 7.89. The first-order valence-corrected chi connectivity index (χ1v) is 8.94. The molecule has 1 aliphatic rings. The molecule has 130 valence electrons. The summed E-state index contributed by atoms with van der Waals surface area (Å²) in [5, 5.41) is 2.83. The Kier molecular flexibility index (Phi) is 10.9. The maximum atomic E-state index is 12.7. The van der Waals surface area contributed by atoms with E-state index in [2.05, 4.69) is 26.1 Å². The summed E-state index contributed by atoms with van der Waals surface area (Å²) in [7, 11) is 0. The number of nitrogens with zero attached hydrogens (tertiary/aromatic N) is 1. The highest BCUT2D eigenvalue weighted by Gasteiger charge is 2.32. The van der Waals surface area contributed by atoms with E-state index in [9.17, 15) is 9.59 Å². The van der Waals surface area contributed by atoms with Crippen molar-refractivity contribution in [1.29, 1.82) is 0 Å². The van der Waals surface area contributed by atoms with E-state index >= 15 is 0 Å². The molecule has 0 aromatic rings. The Morgan fingerprint density at radius 1 is 1.41 bits per heavy atom. The Hall–Kier alpha value is -0.460. The number of hydrogen-bond donors (Lipinski definition) is 2. The standard InChI is InChI=1S/C15H29N3O2S.ClH/c1-4-21-13(11(2)3)15(20)18-9-5-6-12(10-18)14(19)17-8-7-16;/h11-13H,4-10,16H2,1-3H3,(H,17,19);1H. The van der Waals surface area contributed by atoms with Gasteiger partial charge in [-0.3, -0.25) is 9.59 Å². The second-order valence-electron chi connectivity index (χ2n) is 5.82. The summed E-state index contributed by atoms with van der Waals surface area (Å²) in [4.78, 5) is 26.6. The zero-order chi connectivity index (χ0) is 15.8. The molecule has 1 aliphatic heterocycles. The van der Waals surface area contributed by atoms with Gasteiger partial charge in [0.15, 0.2) is 0 Å².